The van der Waals surface area contributed by atoms with Crippen LogP contribution >= 0.6 is 11.6 Å². The normalized spacial score (nSPS) is 9.08. The molecular weight excluding hydrogens is 176 g/mol. The molecule has 0 saturated heterocycles. The van der Waals surface area contributed by atoms with E-state index < -0.39 is 6.29 Å². The van der Waals surface area contributed by atoms with E-state index in [2.05, 4.69) is 13.5 Å². The molecule has 0 amide bonds. The number of aliphatic hydroxyl groups excluding tert-OH is 1. The number of hydrogen-bond donors (Lipinski definition) is 2. The molecule has 0 aromatic heterocycles. The Labute approximate surface area is 79.9 Å². The first-order chi connectivity index (χ1) is 5.68. The number of allylic oxidation sites excluding steroid dienone is 1. The van der Waals surface area contributed by atoms with Crippen molar-refractivity contribution in [3.05, 3.63) is 12.7 Å². The van der Waals surface area contributed by atoms with Crippen molar-refractivity contribution in [2.75, 3.05) is 5.88 Å². The molecule has 0 heterocycles. The van der Waals surface area contributed by atoms with E-state index >= 15 is 0 Å². The number of halogens is 1. The molecule has 0 aliphatic rings. The van der Waals surface area contributed by atoms with Gasteiger partial charge in [0.2, 0.25) is 0 Å². The quantitative estimate of drug-likeness (QED) is 0.305. The van der Waals surface area contributed by atoms with Gasteiger partial charge in [-0.2, -0.15) is 0 Å². The minimum absolute atomic E-state index is 0.522. The van der Waals surface area contributed by atoms with Gasteiger partial charge in [-0.25, -0.2) is 0 Å². The molecule has 0 saturated carbocycles. The molecule has 12 heavy (non-hydrogen) atoms. The van der Waals surface area contributed by atoms with Crippen molar-refractivity contribution in [3.8, 4) is 0 Å². The minimum Gasteiger partial charge on any atom is -0.368 e. The van der Waals surface area contributed by atoms with Crippen LogP contribution in [0.3, 0.4) is 0 Å². The first-order valence-corrected chi connectivity index (χ1v) is 4.75. The molecular formula is C9H19ClO2. The van der Waals surface area contributed by atoms with Crippen LogP contribution in [0.15, 0.2) is 12.7 Å². The van der Waals surface area contributed by atoms with Crippen LogP contribution in [0.4, 0.5) is 0 Å². The standard InChI is InChI=1S/C6H14O2.C3H5Cl/c1-2-3-4-5-6(7)8;1-2-3-4/h6-8H,2-5H2,1H3;2H,1,3H2. The van der Waals surface area contributed by atoms with Crippen LogP contribution in [0.25, 0.3) is 0 Å². The largest absolute Gasteiger partial charge is 0.368 e. The molecule has 0 aliphatic heterocycles. The maximum Gasteiger partial charge on any atom is 0.151 e. The summed E-state index contributed by atoms with van der Waals surface area (Å²) in [6.07, 6.45) is 4.22. The zero-order valence-corrected chi connectivity index (χ0v) is 8.43. The van der Waals surface area contributed by atoms with Crippen molar-refractivity contribution >= 4 is 11.6 Å². The molecule has 74 valence electrons. The van der Waals surface area contributed by atoms with Gasteiger partial charge in [-0.15, -0.1) is 18.2 Å². The Morgan fingerprint density at radius 2 is 1.92 bits per heavy atom. The summed E-state index contributed by atoms with van der Waals surface area (Å²) in [6.45, 7) is 5.43. The third-order valence-corrected chi connectivity index (χ3v) is 1.39. The van der Waals surface area contributed by atoms with E-state index in [1.165, 1.54) is 0 Å². The highest BCUT2D eigenvalue weighted by Gasteiger charge is 1.93. The van der Waals surface area contributed by atoms with Crippen LogP contribution in [0.1, 0.15) is 32.6 Å². The fraction of sp³-hybridized carbons (Fsp3) is 0.778. The van der Waals surface area contributed by atoms with E-state index in [-0.39, 0.29) is 0 Å². The van der Waals surface area contributed by atoms with Crippen LogP contribution in [0, 0.1) is 0 Å². The van der Waals surface area contributed by atoms with Gasteiger partial charge < -0.3 is 10.2 Å². The fourth-order valence-electron chi connectivity index (χ4n) is 0.577. The third-order valence-electron chi connectivity index (χ3n) is 1.17. The average molecular weight is 195 g/mol. The van der Waals surface area contributed by atoms with Crippen molar-refractivity contribution in [1.82, 2.24) is 0 Å². The van der Waals surface area contributed by atoms with Crippen LogP contribution in [0.5, 0.6) is 0 Å². The molecule has 0 radical (unpaired) electrons. The zero-order valence-electron chi connectivity index (χ0n) is 7.67. The van der Waals surface area contributed by atoms with Crippen molar-refractivity contribution in [2.45, 2.75) is 38.9 Å². The van der Waals surface area contributed by atoms with Crippen molar-refractivity contribution in [1.29, 1.82) is 0 Å². The van der Waals surface area contributed by atoms with Gasteiger partial charge in [0, 0.05) is 5.88 Å². The lowest BCUT2D eigenvalue weighted by atomic mass is 10.2. The summed E-state index contributed by atoms with van der Waals surface area (Å²) in [4.78, 5) is 0. The van der Waals surface area contributed by atoms with E-state index in [4.69, 9.17) is 21.8 Å². The smallest absolute Gasteiger partial charge is 0.151 e. The molecule has 2 N–H and O–H groups in total. The topological polar surface area (TPSA) is 40.5 Å². The second-order valence-electron chi connectivity index (χ2n) is 2.42. The Morgan fingerprint density at radius 3 is 2.17 bits per heavy atom. The van der Waals surface area contributed by atoms with Gasteiger partial charge in [-0.1, -0.05) is 25.8 Å². The van der Waals surface area contributed by atoms with Crippen molar-refractivity contribution in [3.63, 3.8) is 0 Å². The lowest BCUT2D eigenvalue weighted by Crippen LogP contribution is -2.02. The Kier molecular flexibility index (Phi) is 16.3. The summed E-state index contributed by atoms with van der Waals surface area (Å²) >= 11 is 5.07. The second-order valence-corrected chi connectivity index (χ2v) is 2.73. The fourth-order valence-corrected chi connectivity index (χ4v) is 0.577. The summed E-state index contributed by atoms with van der Waals surface area (Å²) in [7, 11) is 0. The van der Waals surface area contributed by atoms with Gasteiger partial charge in [-0.05, 0) is 12.8 Å². The van der Waals surface area contributed by atoms with Gasteiger partial charge in [0.15, 0.2) is 6.29 Å². The number of rotatable bonds is 5. The molecule has 0 fully saturated rings. The molecule has 0 aromatic carbocycles. The predicted octanol–water partition coefficient (Wildman–Crippen LogP) is 2.29. The van der Waals surface area contributed by atoms with Crippen molar-refractivity contribution < 1.29 is 10.2 Å². The number of aliphatic hydroxyl groups is 2. The highest BCUT2D eigenvalue weighted by Crippen LogP contribution is 1.99. The second kappa shape index (κ2) is 13.5. The summed E-state index contributed by atoms with van der Waals surface area (Å²) in [5, 5.41) is 16.7. The Morgan fingerprint density at radius 1 is 1.42 bits per heavy atom. The molecule has 2 nitrogen and oxygen atoms in total. The zero-order chi connectivity index (χ0) is 9.82. The molecule has 3 heteroatoms. The van der Waals surface area contributed by atoms with Gasteiger partial charge in [0.25, 0.3) is 0 Å². The summed E-state index contributed by atoms with van der Waals surface area (Å²) in [5.41, 5.74) is 0. The van der Waals surface area contributed by atoms with Gasteiger partial charge in [0.05, 0.1) is 0 Å². The van der Waals surface area contributed by atoms with Crippen LogP contribution in [0.2, 0.25) is 0 Å². The van der Waals surface area contributed by atoms with Crippen LogP contribution in [-0.4, -0.2) is 22.4 Å². The van der Waals surface area contributed by atoms with Gasteiger partial charge >= 0.3 is 0 Å². The molecule has 0 aromatic rings. The summed E-state index contributed by atoms with van der Waals surface area (Å²) < 4.78 is 0. The number of hydrogen-bond acceptors (Lipinski definition) is 2. The van der Waals surface area contributed by atoms with E-state index in [0.29, 0.717) is 12.3 Å². The molecule has 0 spiro atoms. The van der Waals surface area contributed by atoms with E-state index in [1.807, 2.05) is 0 Å². The first kappa shape index (κ1) is 14.5. The Hall–Kier alpha value is -0.0500. The highest BCUT2D eigenvalue weighted by molar-refractivity contribution is 6.18. The van der Waals surface area contributed by atoms with Crippen LogP contribution in [-0.2, 0) is 0 Å². The molecule has 0 atom stereocenters. The Balaban J connectivity index is 0. The maximum absolute atomic E-state index is 8.33. The number of alkyl halides is 1. The van der Waals surface area contributed by atoms with E-state index in [0.717, 1.165) is 19.3 Å². The highest BCUT2D eigenvalue weighted by atomic mass is 35.5. The third kappa shape index (κ3) is 22.5. The van der Waals surface area contributed by atoms with Gasteiger partial charge in [0.1, 0.15) is 0 Å². The predicted molar refractivity (Wildman–Crippen MR) is 53.3 cm³/mol. The van der Waals surface area contributed by atoms with E-state index in [1.54, 1.807) is 6.08 Å². The summed E-state index contributed by atoms with van der Waals surface area (Å²) in [5.74, 6) is 0.556. The maximum atomic E-state index is 8.33. The van der Waals surface area contributed by atoms with Crippen molar-refractivity contribution in [2.24, 2.45) is 0 Å². The van der Waals surface area contributed by atoms with Gasteiger partial charge in [-0.3, -0.25) is 0 Å². The minimum atomic E-state index is -1.10. The summed E-state index contributed by atoms with van der Waals surface area (Å²) in [6, 6.07) is 0. The first-order valence-electron chi connectivity index (χ1n) is 4.22. The SMILES string of the molecule is C=CCCl.CCCCCC(O)O. The Bertz CT molecular complexity index is 84.6. The molecule has 0 aliphatic carbocycles. The monoisotopic (exact) mass is 194 g/mol. The molecule has 0 unspecified atom stereocenters. The molecule has 0 rings (SSSR count). The molecule has 0 bridgehead atoms. The average Bonchev–Trinajstić information content (AvgIpc) is 2.05. The lowest BCUT2D eigenvalue weighted by Gasteiger charge is -1.99. The lowest BCUT2D eigenvalue weighted by molar-refractivity contribution is -0.0465. The van der Waals surface area contributed by atoms with E-state index in [9.17, 15) is 0 Å². The number of unbranched alkanes of at least 4 members (excludes halogenated alkanes) is 2. The van der Waals surface area contributed by atoms with Crippen LogP contribution < -0.4 is 0 Å².